The van der Waals surface area contributed by atoms with Crippen molar-refractivity contribution < 1.29 is 9.59 Å². The maximum atomic E-state index is 12.7. The molecule has 1 N–H and O–H groups in total. The Bertz CT molecular complexity index is 1010. The maximum absolute atomic E-state index is 12.7. The fourth-order valence-corrected chi connectivity index (χ4v) is 5.12. The zero-order chi connectivity index (χ0) is 19.0. The lowest BCUT2D eigenvalue weighted by Crippen LogP contribution is -2.40. The van der Waals surface area contributed by atoms with E-state index < -0.39 is 0 Å². The molecule has 5 nitrogen and oxygen atoms in total. The molecule has 1 unspecified atom stereocenters. The number of hydrogen-bond acceptors (Lipinski definition) is 3. The molecule has 1 aromatic carbocycles. The van der Waals surface area contributed by atoms with Gasteiger partial charge in [0.05, 0.1) is 17.6 Å². The summed E-state index contributed by atoms with van der Waals surface area (Å²) in [6.45, 7) is 0.693. The van der Waals surface area contributed by atoms with Crippen LogP contribution < -0.4 is 5.32 Å². The Balaban J connectivity index is 1.44. The first kappa shape index (κ1) is 18.1. The van der Waals surface area contributed by atoms with Crippen molar-refractivity contribution >= 4 is 44.8 Å². The van der Waals surface area contributed by atoms with E-state index in [4.69, 9.17) is 11.6 Å². The third-order valence-electron chi connectivity index (χ3n) is 5.04. The monoisotopic (exact) mass is 401 g/mol. The Hall–Kier alpha value is -2.31. The van der Waals surface area contributed by atoms with Gasteiger partial charge in [0.1, 0.15) is 4.88 Å². The number of benzene rings is 1. The van der Waals surface area contributed by atoms with Crippen molar-refractivity contribution in [3.8, 4) is 0 Å². The summed E-state index contributed by atoms with van der Waals surface area (Å²) >= 11 is 7.70. The number of halogens is 1. The first-order valence-corrected chi connectivity index (χ1v) is 10.1. The van der Waals surface area contributed by atoms with E-state index in [1.165, 1.54) is 11.3 Å². The van der Waals surface area contributed by atoms with Gasteiger partial charge in [-0.2, -0.15) is 0 Å². The number of carbonyl (C=O) groups is 2. The van der Waals surface area contributed by atoms with Gasteiger partial charge in [0.25, 0.3) is 5.91 Å². The average molecular weight is 402 g/mol. The van der Waals surface area contributed by atoms with Crippen LogP contribution in [-0.2, 0) is 11.8 Å². The van der Waals surface area contributed by atoms with Crippen LogP contribution in [0, 0.1) is 0 Å². The minimum absolute atomic E-state index is 0.0235. The van der Waals surface area contributed by atoms with Crippen LogP contribution in [0.4, 0.5) is 0 Å². The van der Waals surface area contributed by atoms with Crippen molar-refractivity contribution in [3.63, 3.8) is 0 Å². The molecule has 0 spiro atoms. The second-order valence-electron chi connectivity index (χ2n) is 6.71. The first-order chi connectivity index (χ1) is 13.1. The van der Waals surface area contributed by atoms with Crippen molar-refractivity contribution in [2.24, 2.45) is 7.05 Å². The molecule has 4 rings (SSSR count). The van der Waals surface area contributed by atoms with Crippen LogP contribution in [0.15, 0.2) is 42.6 Å². The molecule has 0 saturated carbocycles. The largest absolute Gasteiger partial charge is 0.353 e. The highest BCUT2D eigenvalue weighted by Crippen LogP contribution is 2.35. The van der Waals surface area contributed by atoms with Gasteiger partial charge < -0.3 is 14.8 Å². The second-order valence-corrected chi connectivity index (χ2v) is 8.14. The smallest absolute Gasteiger partial charge is 0.263 e. The standard InChI is InChI=1S/C20H20ClN3O2S/c1-23-10-4-7-14(23)15-8-5-11-24(15)17(25)12-22-20(26)19-18(21)13-6-2-3-9-16(13)27-19/h2-4,6-7,9-10,15H,5,8,11-12H2,1H3,(H,22,26). The number of amides is 2. The lowest BCUT2D eigenvalue weighted by molar-refractivity contribution is -0.131. The molecule has 140 valence electrons. The maximum Gasteiger partial charge on any atom is 0.263 e. The highest BCUT2D eigenvalue weighted by molar-refractivity contribution is 7.21. The van der Waals surface area contributed by atoms with Gasteiger partial charge in [-0.1, -0.05) is 29.8 Å². The number of rotatable bonds is 4. The molecular weight excluding hydrogens is 382 g/mol. The molecule has 1 fully saturated rings. The van der Waals surface area contributed by atoms with E-state index in [1.54, 1.807) is 0 Å². The van der Waals surface area contributed by atoms with E-state index in [1.807, 2.05) is 59.1 Å². The Morgan fingerprint density at radius 1 is 1.26 bits per heavy atom. The summed E-state index contributed by atoms with van der Waals surface area (Å²) in [4.78, 5) is 27.6. The summed E-state index contributed by atoms with van der Waals surface area (Å²) < 4.78 is 3.01. The highest BCUT2D eigenvalue weighted by atomic mass is 35.5. The minimum atomic E-state index is -0.302. The van der Waals surface area contributed by atoms with Crippen molar-refractivity contribution in [1.29, 1.82) is 0 Å². The highest BCUT2D eigenvalue weighted by Gasteiger charge is 2.31. The van der Waals surface area contributed by atoms with Crippen LogP contribution >= 0.6 is 22.9 Å². The molecule has 2 aromatic heterocycles. The lowest BCUT2D eigenvalue weighted by atomic mass is 10.1. The molecule has 3 heterocycles. The fraction of sp³-hybridized carbons (Fsp3) is 0.300. The van der Waals surface area contributed by atoms with Crippen LogP contribution in [0.2, 0.25) is 5.02 Å². The molecule has 7 heteroatoms. The van der Waals surface area contributed by atoms with Gasteiger partial charge in [-0.3, -0.25) is 9.59 Å². The summed E-state index contributed by atoms with van der Waals surface area (Å²) in [5.74, 6) is -0.367. The summed E-state index contributed by atoms with van der Waals surface area (Å²) in [6.07, 6.45) is 3.90. The third kappa shape index (κ3) is 3.35. The summed E-state index contributed by atoms with van der Waals surface area (Å²) in [7, 11) is 1.99. The quantitative estimate of drug-likeness (QED) is 0.718. The summed E-state index contributed by atoms with van der Waals surface area (Å²) in [5.41, 5.74) is 1.12. The number of aryl methyl sites for hydroxylation is 1. The predicted octanol–water partition coefficient (Wildman–Crippen LogP) is 3.99. The normalized spacial score (nSPS) is 16.8. The molecule has 1 saturated heterocycles. The fourth-order valence-electron chi connectivity index (χ4n) is 3.69. The number of carbonyl (C=O) groups excluding carboxylic acids is 2. The van der Waals surface area contributed by atoms with Crippen LogP contribution in [0.3, 0.4) is 0 Å². The second kappa shape index (κ2) is 7.37. The van der Waals surface area contributed by atoms with Gasteiger partial charge in [-0.05, 0) is 31.0 Å². The van der Waals surface area contributed by atoms with E-state index in [0.29, 0.717) is 16.4 Å². The zero-order valence-corrected chi connectivity index (χ0v) is 16.5. The first-order valence-electron chi connectivity index (χ1n) is 8.92. The summed E-state index contributed by atoms with van der Waals surface area (Å²) in [5, 5.41) is 4.06. The summed E-state index contributed by atoms with van der Waals surface area (Å²) in [6, 6.07) is 11.7. The Labute approximate surface area is 166 Å². The van der Waals surface area contributed by atoms with E-state index in [9.17, 15) is 9.59 Å². The third-order valence-corrected chi connectivity index (χ3v) is 6.71. The van der Waals surface area contributed by atoms with E-state index >= 15 is 0 Å². The van der Waals surface area contributed by atoms with Crippen LogP contribution in [-0.4, -0.2) is 34.4 Å². The number of hydrogen-bond donors (Lipinski definition) is 1. The molecular formula is C20H20ClN3O2S. The van der Waals surface area contributed by atoms with Crippen LogP contribution in [0.25, 0.3) is 10.1 Å². The topological polar surface area (TPSA) is 54.3 Å². The molecule has 1 aliphatic rings. The molecule has 0 radical (unpaired) electrons. The van der Waals surface area contributed by atoms with Gasteiger partial charge >= 0.3 is 0 Å². The number of nitrogens with one attached hydrogen (secondary N) is 1. The minimum Gasteiger partial charge on any atom is -0.353 e. The van der Waals surface area contributed by atoms with Crippen molar-refractivity contribution in [2.45, 2.75) is 18.9 Å². The van der Waals surface area contributed by atoms with E-state index in [-0.39, 0.29) is 24.4 Å². The van der Waals surface area contributed by atoms with Crippen molar-refractivity contribution in [3.05, 3.63) is 58.2 Å². The molecule has 1 aliphatic heterocycles. The Morgan fingerprint density at radius 3 is 2.81 bits per heavy atom. The van der Waals surface area contributed by atoms with Crippen LogP contribution in [0.5, 0.6) is 0 Å². The number of nitrogens with zero attached hydrogens (tertiary/aromatic N) is 2. The van der Waals surface area contributed by atoms with Gasteiger partial charge in [0.2, 0.25) is 5.91 Å². The SMILES string of the molecule is Cn1cccc1C1CCCN1C(=O)CNC(=O)c1sc2ccccc2c1Cl. The van der Waals surface area contributed by atoms with Gasteiger partial charge in [-0.25, -0.2) is 0 Å². The van der Waals surface area contributed by atoms with Crippen molar-refractivity contribution in [1.82, 2.24) is 14.8 Å². The number of thiophene rings is 1. The van der Waals surface area contributed by atoms with E-state index in [0.717, 1.165) is 28.6 Å². The Kier molecular flexibility index (Phi) is 4.93. The number of aromatic nitrogens is 1. The van der Waals surface area contributed by atoms with Gasteiger partial charge in [0.15, 0.2) is 0 Å². The molecule has 1 atom stereocenters. The predicted molar refractivity (Wildman–Crippen MR) is 108 cm³/mol. The Morgan fingerprint density at radius 2 is 2.07 bits per heavy atom. The number of fused-ring (bicyclic) bond motifs is 1. The van der Waals surface area contributed by atoms with Gasteiger partial charge in [0, 0.05) is 35.6 Å². The molecule has 27 heavy (non-hydrogen) atoms. The average Bonchev–Trinajstić information content (AvgIpc) is 3.38. The molecule has 0 bridgehead atoms. The van der Waals surface area contributed by atoms with Gasteiger partial charge in [-0.15, -0.1) is 11.3 Å². The molecule has 3 aromatic rings. The van der Waals surface area contributed by atoms with Crippen LogP contribution in [0.1, 0.15) is 34.2 Å². The van der Waals surface area contributed by atoms with E-state index in [2.05, 4.69) is 5.32 Å². The zero-order valence-electron chi connectivity index (χ0n) is 14.9. The van der Waals surface area contributed by atoms with Crippen molar-refractivity contribution in [2.75, 3.05) is 13.1 Å². The molecule has 0 aliphatic carbocycles. The number of likely N-dealkylation sites (tertiary alicyclic amines) is 1. The molecule has 2 amide bonds. The lowest BCUT2D eigenvalue weighted by Gasteiger charge is -2.25.